The van der Waals surface area contributed by atoms with Crippen LogP contribution in [0.25, 0.3) is 0 Å². The summed E-state index contributed by atoms with van der Waals surface area (Å²) in [4.78, 5) is 20.2. The Morgan fingerprint density at radius 3 is 1.93 bits per heavy atom. The van der Waals surface area contributed by atoms with Gasteiger partial charge in [-0.05, 0) is 31.5 Å². The van der Waals surface area contributed by atoms with Crippen LogP contribution in [0.2, 0.25) is 0 Å². The number of carbonyl (C=O) groups is 2. The van der Waals surface area contributed by atoms with Gasteiger partial charge in [0, 0.05) is 18.6 Å². The first kappa shape index (κ1) is 24.8. The molecular weight excluding hydrogens is 414 g/mol. The van der Waals surface area contributed by atoms with Crippen molar-refractivity contribution in [1.29, 1.82) is 0 Å². The van der Waals surface area contributed by atoms with E-state index < -0.39 is 24.3 Å². The molecule has 1 aromatic heterocycles. The molecule has 0 bridgehead atoms. The molecule has 0 amide bonds. The third-order valence-corrected chi connectivity index (χ3v) is 4.08. The predicted octanol–water partition coefficient (Wildman–Crippen LogP) is 2.87. The second-order valence-electron chi connectivity index (χ2n) is 6.49. The molecule has 3 rings (SSSR count). The Labute approximate surface area is 161 Å². The topological polar surface area (TPSA) is 103 Å². The number of hydrogen-bond donors (Lipinski definition) is 3. The van der Waals surface area contributed by atoms with Gasteiger partial charge in [-0.1, -0.05) is 6.42 Å². The summed E-state index contributed by atoms with van der Waals surface area (Å²) < 4.78 is 68.8. The molecule has 1 aromatic rings. The third-order valence-electron chi connectivity index (χ3n) is 4.08. The average Bonchev–Trinajstić information content (AvgIpc) is 3.07. The zero-order chi connectivity index (χ0) is 22.3. The van der Waals surface area contributed by atoms with Gasteiger partial charge in [0.15, 0.2) is 0 Å². The molecule has 3 N–H and O–H groups in total. The monoisotopic (exact) mass is 434 g/mol. The van der Waals surface area contributed by atoms with E-state index in [0.717, 1.165) is 12.3 Å². The van der Waals surface area contributed by atoms with Crippen molar-refractivity contribution in [2.45, 2.75) is 43.7 Å². The molecule has 2 saturated heterocycles. The first-order chi connectivity index (χ1) is 13.3. The van der Waals surface area contributed by atoms with Gasteiger partial charge in [0.25, 0.3) is 0 Å². The molecule has 0 aromatic carbocycles. The molecule has 1 spiro atoms. The smallest absolute Gasteiger partial charge is 0.475 e. The molecule has 0 radical (unpaired) electrons. The van der Waals surface area contributed by atoms with Gasteiger partial charge in [-0.3, -0.25) is 4.90 Å². The maximum Gasteiger partial charge on any atom is 0.490 e. The van der Waals surface area contributed by atoms with Gasteiger partial charge in [-0.15, -0.1) is 0 Å². The van der Waals surface area contributed by atoms with Crippen LogP contribution in [0.3, 0.4) is 0 Å². The van der Waals surface area contributed by atoms with E-state index in [9.17, 15) is 26.3 Å². The van der Waals surface area contributed by atoms with Crippen LogP contribution < -0.4 is 5.32 Å². The predicted molar refractivity (Wildman–Crippen MR) is 86.0 cm³/mol. The zero-order valence-electron chi connectivity index (χ0n) is 15.0. The summed E-state index contributed by atoms with van der Waals surface area (Å²) in [7, 11) is 0. The summed E-state index contributed by atoms with van der Waals surface area (Å²) in [6.07, 6.45) is -4.33. The highest BCUT2D eigenvalue weighted by Crippen LogP contribution is 2.30. The van der Waals surface area contributed by atoms with E-state index in [0.29, 0.717) is 5.54 Å². The van der Waals surface area contributed by atoms with Crippen molar-refractivity contribution in [3.05, 3.63) is 24.2 Å². The van der Waals surface area contributed by atoms with Gasteiger partial charge in [0.2, 0.25) is 0 Å². The summed E-state index contributed by atoms with van der Waals surface area (Å²) in [5.41, 5.74) is 0.449. The van der Waals surface area contributed by atoms with Gasteiger partial charge in [-0.2, -0.15) is 26.3 Å². The van der Waals surface area contributed by atoms with Crippen molar-refractivity contribution in [2.24, 2.45) is 0 Å². The minimum Gasteiger partial charge on any atom is -0.475 e. The lowest BCUT2D eigenvalue weighted by atomic mass is 9.82. The molecule has 166 valence electrons. The molecular formula is C16H20F6N2O5. The molecule has 0 saturated carbocycles. The van der Waals surface area contributed by atoms with Crippen molar-refractivity contribution >= 4 is 11.9 Å². The van der Waals surface area contributed by atoms with Crippen LogP contribution in [0.15, 0.2) is 22.8 Å². The maximum absolute atomic E-state index is 10.6. The highest BCUT2D eigenvalue weighted by atomic mass is 19.4. The number of rotatable bonds is 2. The second-order valence-corrected chi connectivity index (χ2v) is 6.49. The number of carboxylic acid groups (broad SMARTS) is 2. The first-order valence-corrected chi connectivity index (χ1v) is 8.35. The number of nitrogens with zero attached hydrogens (tertiary/aromatic N) is 1. The Balaban J connectivity index is 0.000000255. The lowest BCUT2D eigenvalue weighted by Crippen LogP contribution is -2.69. The Bertz CT molecular complexity index is 622. The minimum absolute atomic E-state index is 0.449. The number of hydrogen-bond acceptors (Lipinski definition) is 5. The first-order valence-electron chi connectivity index (χ1n) is 8.35. The number of likely N-dealkylation sites (tertiary alicyclic amines) is 1. The molecule has 2 aliphatic heterocycles. The molecule has 0 unspecified atom stereocenters. The maximum atomic E-state index is 10.6. The van der Waals surface area contributed by atoms with Gasteiger partial charge in [0.1, 0.15) is 5.76 Å². The van der Waals surface area contributed by atoms with Crippen LogP contribution in [0.4, 0.5) is 26.3 Å². The number of halogens is 6. The van der Waals surface area contributed by atoms with Crippen molar-refractivity contribution in [3.63, 3.8) is 0 Å². The standard InChI is InChI=1S/C12H18N2O.2C2HF3O2/c1-2-6-13-12(5-1)9-14(10-12)8-11-4-3-7-15-11;2*3-2(4,5)1(6)7/h3-4,7,13H,1-2,5-6,8-10H2;2*(H,6,7). The van der Waals surface area contributed by atoms with E-state index in [2.05, 4.69) is 16.3 Å². The Morgan fingerprint density at radius 2 is 1.59 bits per heavy atom. The normalized spacial score (nSPS) is 18.6. The molecule has 7 nitrogen and oxygen atoms in total. The van der Waals surface area contributed by atoms with Crippen LogP contribution in [-0.2, 0) is 16.1 Å². The molecule has 29 heavy (non-hydrogen) atoms. The number of piperidine rings is 1. The van der Waals surface area contributed by atoms with Crippen molar-refractivity contribution in [3.8, 4) is 0 Å². The van der Waals surface area contributed by atoms with Gasteiger partial charge < -0.3 is 19.9 Å². The number of aliphatic carboxylic acids is 2. The van der Waals surface area contributed by atoms with E-state index in [1.165, 1.54) is 38.9 Å². The molecule has 13 heteroatoms. The fourth-order valence-electron chi connectivity index (χ4n) is 2.84. The Kier molecular flexibility index (Phi) is 8.50. The summed E-state index contributed by atoms with van der Waals surface area (Å²) in [6, 6.07) is 4.02. The van der Waals surface area contributed by atoms with E-state index in [1.807, 2.05) is 6.07 Å². The van der Waals surface area contributed by atoms with Crippen LogP contribution in [0, 0.1) is 0 Å². The van der Waals surface area contributed by atoms with Crippen LogP contribution in [0.1, 0.15) is 25.0 Å². The van der Waals surface area contributed by atoms with Crippen LogP contribution in [-0.4, -0.2) is 64.6 Å². The summed E-state index contributed by atoms with van der Waals surface area (Å²) in [5, 5.41) is 17.9. The summed E-state index contributed by atoms with van der Waals surface area (Å²) >= 11 is 0. The van der Waals surface area contributed by atoms with Crippen molar-refractivity contribution in [2.75, 3.05) is 19.6 Å². The van der Waals surface area contributed by atoms with E-state index >= 15 is 0 Å². The van der Waals surface area contributed by atoms with Gasteiger partial charge in [-0.25, -0.2) is 9.59 Å². The minimum atomic E-state index is -5.08. The largest absolute Gasteiger partial charge is 0.490 e. The fraction of sp³-hybridized carbons (Fsp3) is 0.625. The van der Waals surface area contributed by atoms with Gasteiger partial charge >= 0.3 is 24.3 Å². The van der Waals surface area contributed by atoms with E-state index in [-0.39, 0.29) is 0 Å². The van der Waals surface area contributed by atoms with E-state index in [4.69, 9.17) is 24.2 Å². The summed E-state index contributed by atoms with van der Waals surface area (Å²) in [5.74, 6) is -4.43. The molecule has 2 aliphatic rings. The van der Waals surface area contributed by atoms with Crippen LogP contribution >= 0.6 is 0 Å². The van der Waals surface area contributed by atoms with Crippen molar-refractivity contribution in [1.82, 2.24) is 10.2 Å². The highest BCUT2D eigenvalue weighted by Gasteiger charge is 2.43. The molecule has 3 heterocycles. The van der Waals surface area contributed by atoms with Crippen molar-refractivity contribution < 1.29 is 50.6 Å². The molecule has 2 fully saturated rings. The highest BCUT2D eigenvalue weighted by molar-refractivity contribution is 5.73. The Morgan fingerprint density at radius 1 is 1.07 bits per heavy atom. The van der Waals surface area contributed by atoms with E-state index in [1.54, 1.807) is 6.26 Å². The average molecular weight is 434 g/mol. The lowest BCUT2D eigenvalue weighted by Gasteiger charge is -2.52. The quantitative estimate of drug-likeness (QED) is 0.615. The fourth-order valence-corrected chi connectivity index (χ4v) is 2.84. The molecule has 0 aliphatic carbocycles. The SMILES string of the molecule is O=C(O)C(F)(F)F.O=C(O)C(F)(F)F.c1coc(CN2CC3(CCCCN3)C2)c1. The number of carboxylic acids is 2. The molecule has 0 atom stereocenters. The zero-order valence-corrected chi connectivity index (χ0v) is 15.0. The Hall–Kier alpha value is -2.28. The van der Waals surface area contributed by atoms with Crippen LogP contribution in [0.5, 0.6) is 0 Å². The number of nitrogens with one attached hydrogen (secondary N) is 1. The van der Waals surface area contributed by atoms with Gasteiger partial charge in [0.05, 0.1) is 12.8 Å². The second kappa shape index (κ2) is 9.96. The number of furan rings is 1. The number of alkyl halides is 6. The summed E-state index contributed by atoms with van der Waals surface area (Å²) in [6.45, 7) is 4.55. The lowest BCUT2D eigenvalue weighted by molar-refractivity contribution is -0.193. The third kappa shape index (κ3) is 8.73.